The van der Waals surface area contributed by atoms with E-state index >= 15 is 0 Å². The summed E-state index contributed by atoms with van der Waals surface area (Å²) < 4.78 is 26.8. The van der Waals surface area contributed by atoms with Crippen LogP contribution in [0.15, 0.2) is 0 Å². The number of carbonyl (C=O) groups is 4. The molecule has 0 radical (unpaired) electrons. The predicted molar refractivity (Wildman–Crippen MR) is 91.9 cm³/mol. The molecule has 1 aliphatic rings. The summed E-state index contributed by atoms with van der Waals surface area (Å²) >= 11 is 5.74. The fraction of sp³-hybridized carbons (Fsp3) is 0.765. The maximum atomic E-state index is 11.6. The molecule has 9 nitrogen and oxygen atoms in total. The number of halogens is 1. The van der Waals surface area contributed by atoms with Crippen LogP contribution in [-0.4, -0.2) is 66.9 Å². The average Bonchev–Trinajstić information content (AvgIpc) is 2.54. The van der Waals surface area contributed by atoms with Gasteiger partial charge in [0.2, 0.25) is 0 Å². The van der Waals surface area contributed by atoms with E-state index in [2.05, 4.69) is 0 Å². The Balaban J connectivity index is 3.22. The van der Waals surface area contributed by atoms with Crippen LogP contribution < -0.4 is 0 Å². The molecule has 1 rings (SSSR count). The fourth-order valence-electron chi connectivity index (χ4n) is 2.83. The standard InChI is InChI=1S/C17H25ClO9/c1-9(19)23-8-14-16(25-11(3)21)17(26-12(4)22)15(24-10(2)20)13(27-14)6-5-7-18/h13-17H,5-8H2,1-4H3/t13-,14?,15?,16+,17-/m1/s1. The van der Waals surface area contributed by atoms with Crippen LogP contribution in [0.25, 0.3) is 0 Å². The zero-order chi connectivity index (χ0) is 20.6. The lowest BCUT2D eigenvalue weighted by atomic mass is 9.92. The Bertz CT molecular complexity index is 551. The van der Waals surface area contributed by atoms with Gasteiger partial charge < -0.3 is 23.7 Å². The lowest BCUT2D eigenvalue weighted by molar-refractivity contribution is -0.253. The van der Waals surface area contributed by atoms with Crippen LogP contribution in [0.1, 0.15) is 40.5 Å². The second-order valence-electron chi connectivity index (χ2n) is 6.07. The summed E-state index contributed by atoms with van der Waals surface area (Å²) in [5.74, 6) is -2.14. The van der Waals surface area contributed by atoms with Crippen LogP contribution in [0, 0.1) is 0 Å². The van der Waals surface area contributed by atoms with Gasteiger partial charge in [-0.2, -0.15) is 0 Å². The molecule has 0 N–H and O–H groups in total. The Kier molecular flexibility index (Phi) is 9.51. The average molecular weight is 409 g/mol. The minimum atomic E-state index is -1.12. The predicted octanol–water partition coefficient (Wildman–Crippen LogP) is 1.13. The third-order valence-electron chi connectivity index (χ3n) is 3.71. The summed E-state index contributed by atoms with van der Waals surface area (Å²) in [6, 6.07) is 0. The Hall–Kier alpha value is -1.87. The maximum Gasteiger partial charge on any atom is 0.303 e. The third-order valence-corrected chi connectivity index (χ3v) is 3.98. The molecule has 1 heterocycles. The molecule has 0 saturated carbocycles. The molecule has 0 aromatic heterocycles. The van der Waals surface area contributed by atoms with Crippen molar-refractivity contribution in [2.24, 2.45) is 0 Å². The van der Waals surface area contributed by atoms with Gasteiger partial charge in [-0.1, -0.05) is 0 Å². The number of hydrogen-bond donors (Lipinski definition) is 0. The topological polar surface area (TPSA) is 114 Å². The van der Waals surface area contributed by atoms with Crippen molar-refractivity contribution in [2.45, 2.75) is 71.1 Å². The summed E-state index contributed by atoms with van der Waals surface area (Å²) in [6.07, 6.45) is -3.92. The molecule has 0 bridgehead atoms. The van der Waals surface area contributed by atoms with E-state index in [1.165, 1.54) is 27.7 Å². The van der Waals surface area contributed by atoms with Crippen LogP contribution >= 0.6 is 11.6 Å². The van der Waals surface area contributed by atoms with Gasteiger partial charge in [0.1, 0.15) is 12.7 Å². The van der Waals surface area contributed by atoms with Crippen molar-refractivity contribution in [3.8, 4) is 0 Å². The Morgan fingerprint density at radius 3 is 1.70 bits per heavy atom. The van der Waals surface area contributed by atoms with Gasteiger partial charge in [0.05, 0.1) is 6.10 Å². The second kappa shape index (κ2) is 11.1. The van der Waals surface area contributed by atoms with Crippen LogP contribution in [0.4, 0.5) is 0 Å². The van der Waals surface area contributed by atoms with Crippen molar-refractivity contribution in [3.05, 3.63) is 0 Å². The highest BCUT2D eigenvalue weighted by Gasteiger charge is 2.51. The molecule has 10 heteroatoms. The van der Waals surface area contributed by atoms with Crippen LogP contribution in [-0.2, 0) is 42.9 Å². The first-order valence-corrected chi connectivity index (χ1v) is 9.05. The second-order valence-corrected chi connectivity index (χ2v) is 6.45. The number of hydrogen-bond acceptors (Lipinski definition) is 9. The number of ether oxygens (including phenoxy) is 5. The quantitative estimate of drug-likeness (QED) is 0.331. The van der Waals surface area contributed by atoms with E-state index in [0.29, 0.717) is 18.7 Å². The van der Waals surface area contributed by atoms with Crippen molar-refractivity contribution >= 4 is 35.5 Å². The minimum Gasteiger partial charge on any atom is -0.463 e. The number of rotatable bonds is 8. The van der Waals surface area contributed by atoms with Gasteiger partial charge in [-0.05, 0) is 12.8 Å². The largest absolute Gasteiger partial charge is 0.463 e. The maximum absolute atomic E-state index is 11.6. The summed E-state index contributed by atoms with van der Waals surface area (Å²) in [7, 11) is 0. The fourth-order valence-corrected chi connectivity index (χ4v) is 2.98. The summed E-state index contributed by atoms with van der Waals surface area (Å²) in [6.45, 7) is 4.55. The lowest BCUT2D eigenvalue weighted by Gasteiger charge is -2.44. The molecule has 1 saturated heterocycles. The van der Waals surface area contributed by atoms with E-state index in [0.717, 1.165) is 0 Å². The first-order valence-electron chi connectivity index (χ1n) is 8.52. The first-order chi connectivity index (χ1) is 12.6. The molecule has 0 spiro atoms. The SMILES string of the molecule is CC(=O)OCC1O[C@H](CCCCl)C(OC(C)=O)[C@@H](OC(C)=O)[C@H]1OC(C)=O. The molecule has 5 atom stereocenters. The normalized spacial score (nSPS) is 27.4. The van der Waals surface area contributed by atoms with Gasteiger partial charge in [-0.15, -0.1) is 11.6 Å². The van der Waals surface area contributed by atoms with Crippen molar-refractivity contribution in [3.63, 3.8) is 0 Å². The zero-order valence-electron chi connectivity index (χ0n) is 15.8. The molecule has 0 amide bonds. The van der Waals surface area contributed by atoms with Crippen molar-refractivity contribution in [2.75, 3.05) is 12.5 Å². The highest BCUT2D eigenvalue weighted by molar-refractivity contribution is 6.17. The Morgan fingerprint density at radius 2 is 1.26 bits per heavy atom. The molecule has 1 fully saturated rings. The van der Waals surface area contributed by atoms with Gasteiger partial charge in [-0.3, -0.25) is 19.2 Å². The van der Waals surface area contributed by atoms with Crippen molar-refractivity contribution < 1.29 is 42.9 Å². The third kappa shape index (κ3) is 7.72. The summed E-state index contributed by atoms with van der Waals surface area (Å²) in [4.78, 5) is 45.9. The van der Waals surface area contributed by atoms with E-state index in [1.807, 2.05) is 0 Å². The number of alkyl halides is 1. The Morgan fingerprint density at radius 1 is 0.778 bits per heavy atom. The van der Waals surface area contributed by atoms with Gasteiger partial charge >= 0.3 is 23.9 Å². The van der Waals surface area contributed by atoms with Crippen LogP contribution in [0.5, 0.6) is 0 Å². The van der Waals surface area contributed by atoms with Gasteiger partial charge in [0.25, 0.3) is 0 Å². The Labute approximate surface area is 162 Å². The summed E-state index contributed by atoms with van der Waals surface area (Å²) in [5.41, 5.74) is 0. The molecule has 1 aliphatic heterocycles. The van der Waals surface area contributed by atoms with Crippen LogP contribution in [0.3, 0.4) is 0 Å². The van der Waals surface area contributed by atoms with E-state index in [4.69, 9.17) is 35.3 Å². The summed E-state index contributed by atoms with van der Waals surface area (Å²) in [5, 5.41) is 0. The lowest BCUT2D eigenvalue weighted by Crippen LogP contribution is -2.62. The molecule has 0 aliphatic carbocycles. The molecule has 0 aromatic rings. The molecule has 27 heavy (non-hydrogen) atoms. The number of carbonyl (C=O) groups excluding carboxylic acids is 4. The van der Waals surface area contributed by atoms with E-state index in [-0.39, 0.29) is 6.61 Å². The van der Waals surface area contributed by atoms with E-state index < -0.39 is 54.4 Å². The number of esters is 4. The highest BCUT2D eigenvalue weighted by Crippen LogP contribution is 2.31. The molecular weight excluding hydrogens is 384 g/mol. The van der Waals surface area contributed by atoms with Crippen LogP contribution in [0.2, 0.25) is 0 Å². The first kappa shape index (κ1) is 23.2. The van der Waals surface area contributed by atoms with E-state index in [9.17, 15) is 19.2 Å². The monoisotopic (exact) mass is 408 g/mol. The molecule has 154 valence electrons. The van der Waals surface area contributed by atoms with Crippen molar-refractivity contribution in [1.82, 2.24) is 0 Å². The highest BCUT2D eigenvalue weighted by atomic mass is 35.5. The van der Waals surface area contributed by atoms with Gasteiger partial charge in [0, 0.05) is 33.6 Å². The van der Waals surface area contributed by atoms with Gasteiger partial charge in [0.15, 0.2) is 18.3 Å². The van der Waals surface area contributed by atoms with Crippen molar-refractivity contribution in [1.29, 1.82) is 0 Å². The smallest absolute Gasteiger partial charge is 0.303 e. The molecule has 2 unspecified atom stereocenters. The zero-order valence-corrected chi connectivity index (χ0v) is 16.5. The molecule has 0 aromatic carbocycles. The van der Waals surface area contributed by atoms with Gasteiger partial charge in [-0.25, -0.2) is 0 Å². The van der Waals surface area contributed by atoms with E-state index in [1.54, 1.807) is 0 Å². The molecular formula is C17H25ClO9. The minimum absolute atomic E-state index is 0.227.